The number of halogens is 1. The van der Waals surface area contributed by atoms with Gasteiger partial charge in [-0.3, -0.25) is 9.59 Å². The van der Waals surface area contributed by atoms with Gasteiger partial charge in [-0.25, -0.2) is 8.42 Å². The van der Waals surface area contributed by atoms with Gasteiger partial charge in [0.15, 0.2) is 0 Å². The third-order valence-corrected chi connectivity index (χ3v) is 6.03. The number of benzene rings is 1. The first-order chi connectivity index (χ1) is 12.4. The number of sulfonamides is 1. The van der Waals surface area contributed by atoms with Gasteiger partial charge in [0.1, 0.15) is 6.23 Å². The van der Waals surface area contributed by atoms with Crippen LogP contribution in [-0.4, -0.2) is 70.7 Å². The van der Waals surface area contributed by atoms with Crippen LogP contribution in [0.5, 0.6) is 0 Å². The van der Waals surface area contributed by atoms with Gasteiger partial charge in [-0.2, -0.15) is 4.31 Å². The van der Waals surface area contributed by atoms with Crippen LogP contribution >= 0.6 is 15.9 Å². The minimum Gasteiger partial charge on any atom is -0.383 e. The molecular formula is C15H20BrN3O6S. The van der Waals surface area contributed by atoms with Crippen molar-refractivity contribution in [1.82, 2.24) is 14.9 Å². The number of methoxy groups -OCH3 is 1. The number of carbonyl (C=O) groups excluding carboxylic acids is 2. The Balaban J connectivity index is 1.96. The summed E-state index contributed by atoms with van der Waals surface area (Å²) in [7, 11) is -2.29. The van der Waals surface area contributed by atoms with Crippen molar-refractivity contribution < 1.29 is 27.5 Å². The highest BCUT2D eigenvalue weighted by atomic mass is 79.9. The number of nitrogens with zero attached hydrogens (tertiary/aromatic N) is 1. The average molecular weight is 450 g/mol. The predicted molar refractivity (Wildman–Crippen MR) is 95.7 cm³/mol. The first kappa shape index (κ1) is 20.8. The molecule has 2 amide bonds. The minimum absolute atomic E-state index is 0.125. The Bertz CT molecular complexity index is 740. The van der Waals surface area contributed by atoms with Crippen molar-refractivity contribution in [2.24, 2.45) is 0 Å². The molecule has 1 saturated heterocycles. The minimum atomic E-state index is -3.77. The molecule has 0 saturated carbocycles. The summed E-state index contributed by atoms with van der Waals surface area (Å²) in [6.07, 6.45) is -0.876. The van der Waals surface area contributed by atoms with Crippen molar-refractivity contribution in [2.45, 2.75) is 11.1 Å². The highest BCUT2D eigenvalue weighted by Crippen LogP contribution is 2.23. The first-order valence-electron chi connectivity index (χ1n) is 7.80. The third kappa shape index (κ3) is 5.24. The van der Waals surface area contributed by atoms with E-state index in [0.717, 1.165) is 4.47 Å². The number of ether oxygens (including phenoxy) is 2. The number of carbonyl (C=O) groups is 2. The van der Waals surface area contributed by atoms with Crippen LogP contribution in [0.2, 0.25) is 0 Å². The fourth-order valence-electron chi connectivity index (χ4n) is 2.29. The van der Waals surface area contributed by atoms with Crippen LogP contribution in [0.15, 0.2) is 33.6 Å². The van der Waals surface area contributed by atoms with E-state index in [2.05, 4.69) is 26.6 Å². The van der Waals surface area contributed by atoms with Crippen LogP contribution in [-0.2, 0) is 29.1 Å². The van der Waals surface area contributed by atoms with Crippen LogP contribution < -0.4 is 10.6 Å². The Labute approximate surface area is 160 Å². The molecule has 0 spiro atoms. The largest absolute Gasteiger partial charge is 0.383 e. The van der Waals surface area contributed by atoms with Gasteiger partial charge in [-0.05, 0) is 24.3 Å². The lowest BCUT2D eigenvalue weighted by atomic mass is 10.4. The second kappa shape index (κ2) is 9.42. The van der Waals surface area contributed by atoms with Gasteiger partial charge in [0.2, 0.25) is 10.0 Å². The molecule has 9 nitrogen and oxygen atoms in total. The van der Waals surface area contributed by atoms with Gasteiger partial charge in [-0.15, -0.1) is 0 Å². The summed E-state index contributed by atoms with van der Waals surface area (Å²) in [6.45, 7) is 0.721. The van der Waals surface area contributed by atoms with Gasteiger partial charge in [-0.1, -0.05) is 15.9 Å². The Morgan fingerprint density at radius 3 is 2.58 bits per heavy atom. The zero-order chi connectivity index (χ0) is 19.2. The maximum absolute atomic E-state index is 12.7. The first-order valence-corrected chi connectivity index (χ1v) is 10.0. The lowest BCUT2D eigenvalue weighted by Gasteiger charge is -2.22. The molecule has 0 aliphatic carbocycles. The van der Waals surface area contributed by atoms with Crippen molar-refractivity contribution in [3.8, 4) is 0 Å². The van der Waals surface area contributed by atoms with E-state index in [-0.39, 0.29) is 37.7 Å². The highest BCUT2D eigenvalue weighted by molar-refractivity contribution is 9.10. The van der Waals surface area contributed by atoms with Crippen LogP contribution in [0.4, 0.5) is 0 Å². The van der Waals surface area contributed by atoms with Crippen molar-refractivity contribution >= 4 is 37.8 Å². The van der Waals surface area contributed by atoms with E-state index < -0.39 is 28.1 Å². The number of hydrogen-bond donors (Lipinski definition) is 2. The molecule has 1 aromatic rings. The second-order valence-electron chi connectivity index (χ2n) is 5.35. The Kier molecular flexibility index (Phi) is 7.53. The molecule has 26 heavy (non-hydrogen) atoms. The summed E-state index contributed by atoms with van der Waals surface area (Å²) in [5.41, 5.74) is 0. The van der Waals surface area contributed by atoms with Crippen LogP contribution in [0.3, 0.4) is 0 Å². The molecule has 0 bridgehead atoms. The molecule has 0 aromatic heterocycles. The molecule has 0 radical (unpaired) electrons. The van der Waals surface area contributed by atoms with Crippen molar-refractivity contribution in [3.63, 3.8) is 0 Å². The van der Waals surface area contributed by atoms with E-state index >= 15 is 0 Å². The summed E-state index contributed by atoms with van der Waals surface area (Å²) in [5.74, 6) is -1.68. The standard InChI is InChI=1S/C15H20BrN3O6S/c1-24-8-6-17-14(20)15(21)18-10-13-19(7-9-25-13)26(22,23)12-4-2-11(16)3-5-12/h2-5,13H,6-10H2,1H3,(H,17,20)(H,18,21). The number of rotatable bonds is 7. The summed E-state index contributed by atoms with van der Waals surface area (Å²) < 4.78 is 37.6. The topological polar surface area (TPSA) is 114 Å². The fourth-order valence-corrected chi connectivity index (χ4v) is 4.07. The Hall–Kier alpha value is -1.53. The molecule has 1 aromatic carbocycles. The van der Waals surface area contributed by atoms with Crippen molar-refractivity contribution in [2.75, 3.05) is 40.0 Å². The lowest BCUT2D eigenvalue weighted by Crippen LogP contribution is -2.47. The van der Waals surface area contributed by atoms with Crippen molar-refractivity contribution in [1.29, 1.82) is 0 Å². The molecule has 2 N–H and O–H groups in total. The molecule has 1 heterocycles. The van der Waals surface area contributed by atoms with Gasteiger partial charge >= 0.3 is 11.8 Å². The van der Waals surface area contributed by atoms with E-state index in [4.69, 9.17) is 9.47 Å². The van der Waals surface area contributed by atoms with Crippen LogP contribution in [0, 0.1) is 0 Å². The predicted octanol–water partition coefficient (Wildman–Crippen LogP) is -0.325. The second-order valence-corrected chi connectivity index (χ2v) is 8.16. The van der Waals surface area contributed by atoms with Crippen LogP contribution in [0.25, 0.3) is 0 Å². The molecule has 1 fully saturated rings. The smallest absolute Gasteiger partial charge is 0.309 e. The van der Waals surface area contributed by atoms with E-state index in [0.29, 0.717) is 0 Å². The summed E-state index contributed by atoms with van der Waals surface area (Å²) >= 11 is 3.26. The van der Waals surface area contributed by atoms with E-state index in [1.54, 1.807) is 12.1 Å². The van der Waals surface area contributed by atoms with Gasteiger partial charge in [0.05, 0.1) is 24.7 Å². The monoisotopic (exact) mass is 449 g/mol. The van der Waals surface area contributed by atoms with E-state index in [1.165, 1.54) is 23.5 Å². The lowest BCUT2D eigenvalue weighted by molar-refractivity contribution is -0.139. The average Bonchev–Trinajstić information content (AvgIpc) is 3.09. The molecule has 1 aliphatic heterocycles. The number of amides is 2. The van der Waals surface area contributed by atoms with E-state index in [9.17, 15) is 18.0 Å². The summed E-state index contributed by atoms with van der Waals surface area (Å²) in [6, 6.07) is 6.23. The molecular weight excluding hydrogens is 430 g/mol. The summed E-state index contributed by atoms with van der Waals surface area (Å²) in [4.78, 5) is 23.5. The zero-order valence-corrected chi connectivity index (χ0v) is 16.5. The fraction of sp³-hybridized carbons (Fsp3) is 0.467. The Morgan fingerprint density at radius 1 is 1.27 bits per heavy atom. The van der Waals surface area contributed by atoms with E-state index in [1.807, 2.05) is 0 Å². The third-order valence-electron chi connectivity index (χ3n) is 3.60. The number of nitrogens with one attached hydrogen (secondary N) is 2. The van der Waals surface area contributed by atoms with Crippen molar-refractivity contribution in [3.05, 3.63) is 28.7 Å². The molecule has 1 unspecified atom stereocenters. The van der Waals surface area contributed by atoms with Gasteiger partial charge in [0, 0.05) is 24.7 Å². The molecule has 1 atom stereocenters. The molecule has 1 aliphatic rings. The quantitative estimate of drug-likeness (QED) is 0.435. The number of hydrogen-bond acceptors (Lipinski definition) is 6. The van der Waals surface area contributed by atoms with Crippen LogP contribution in [0.1, 0.15) is 0 Å². The highest BCUT2D eigenvalue weighted by Gasteiger charge is 2.36. The normalized spacial score (nSPS) is 17.8. The maximum atomic E-state index is 12.7. The SMILES string of the molecule is COCCNC(=O)C(=O)NCC1OCCN1S(=O)(=O)c1ccc(Br)cc1. The van der Waals surface area contributed by atoms with Gasteiger partial charge < -0.3 is 20.1 Å². The maximum Gasteiger partial charge on any atom is 0.309 e. The zero-order valence-electron chi connectivity index (χ0n) is 14.1. The Morgan fingerprint density at radius 2 is 1.92 bits per heavy atom. The molecule has 11 heteroatoms. The summed E-state index contributed by atoms with van der Waals surface area (Å²) in [5, 5.41) is 4.76. The van der Waals surface area contributed by atoms with Gasteiger partial charge in [0.25, 0.3) is 0 Å². The molecule has 144 valence electrons. The molecule has 2 rings (SSSR count).